The topological polar surface area (TPSA) is 68.4 Å². The minimum absolute atomic E-state index is 0.142. The van der Waals surface area contributed by atoms with Gasteiger partial charge in [-0.2, -0.15) is 0 Å². The van der Waals surface area contributed by atoms with Gasteiger partial charge < -0.3 is 21.3 Å². The van der Waals surface area contributed by atoms with E-state index >= 15 is 0 Å². The average molecular weight is 412 g/mol. The zero-order valence-electron chi connectivity index (χ0n) is 18.4. The van der Waals surface area contributed by atoms with E-state index in [1.54, 1.807) is 0 Å². The molecule has 6 nitrogen and oxygen atoms in total. The highest BCUT2D eigenvalue weighted by Gasteiger charge is 2.43. The molecule has 3 heterocycles. The molecule has 5 rings (SSSR count). The Balaban J connectivity index is 1.19. The second kappa shape index (κ2) is 8.48. The number of fused-ring (bicyclic) bond motifs is 1. The Morgan fingerprint density at radius 2 is 2.20 bits per heavy atom. The summed E-state index contributed by atoms with van der Waals surface area (Å²) in [7, 11) is 0. The molecule has 0 spiro atoms. The van der Waals surface area contributed by atoms with Crippen LogP contribution in [0.15, 0.2) is 18.2 Å². The third-order valence-electron chi connectivity index (χ3n) is 7.66. The minimum Gasteiger partial charge on any atom is -0.373 e. The van der Waals surface area contributed by atoms with Crippen molar-refractivity contribution in [1.29, 1.82) is 0 Å². The van der Waals surface area contributed by atoms with Crippen molar-refractivity contribution in [3.63, 3.8) is 0 Å². The summed E-state index contributed by atoms with van der Waals surface area (Å²) in [4.78, 5) is 15.7. The summed E-state index contributed by atoms with van der Waals surface area (Å²) in [5, 5.41) is 14.3. The molecule has 1 saturated carbocycles. The maximum Gasteiger partial charge on any atom is 0.243 e. The summed E-state index contributed by atoms with van der Waals surface area (Å²) in [6, 6.07) is 6.85. The highest BCUT2D eigenvalue weighted by atomic mass is 16.2. The second-order valence-corrected chi connectivity index (χ2v) is 10.1. The van der Waals surface area contributed by atoms with Crippen LogP contribution in [0.2, 0.25) is 0 Å². The smallest absolute Gasteiger partial charge is 0.243 e. The number of piperidine rings is 1. The van der Waals surface area contributed by atoms with E-state index in [-0.39, 0.29) is 18.0 Å². The summed E-state index contributed by atoms with van der Waals surface area (Å²) >= 11 is 0. The lowest BCUT2D eigenvalue weighted by molar-refractivity contribution is -0.123. The molecular weight excluding hydrogens is 374 g/mol. The van der Waals surface area contributed by atoms with Crippen LogP contribution in [0, 0.1) is 24.7 Å². The van der Waals surface area contributed by atoms with Crippen LogP contribution in [0.25, 0.3) is 0 Å². The summed E-state index contributed by atoms with van der Waals surface area (Å²) in [6.45, 7) is 10.1. The molecule has 2 saturated heterocycles. The first-order valence-corrected chi connectivity index (χ1v) is 11.9. The van der Waals surface area contributed by atoms with Gasteiger partial charge in [0.15, 0.2) is 0 Å². The van der Waals surface area contributed by atoms with E-state index in [4.69, 9.17) is 0 Å². The first-order chi connectivity index (χ1) is 14.6. The summed E-state index contributed by atoms with van der Waals surface area (Å²) in [5.41, 5.74) is 3.65. The normalized spacial score (nSPS) is 32.5. The first kappa shape index (κ1) is 20.3. The zero-order valence-corrected chi connectivity index (χ0v) is 18.4. The molecule has 164 valence electrons. The molecule has 3 aliphatic heterocycles. The van der Waals surface area contributed by atoms with Crippen LogP contribution >= 0.6 is 0 Å². The van der Waals surface area contributed by atoms with E-state index in [9.17, 15) is 4.79 Å². The Kier molecular flexibility index (Phi) is 5.73. The van der Waals surface area contributed by atoms with Crippen LogP contribution in [0.4, 0.5) is 5.69 Å². The van der Waals surface area contributed by atoms with E-state index < -0.39 is 0 Å². The predicted molar refractivity (Wildman–Crippen MR) is 120 cm³/mol. The zero-order chi connectivity index (χ0) is 20.7. The standard InChI is InChI=1S/C24H37N5O/c1-15-4-3-5-19-11-20(27-21(15)19)24(30)28-23(18-6-7-18)22-16(2)10-17(12-26-22)13-29-9-8-25-14-29/h3-5,16-18,20,22-23,25-27H,6-14H2,1-2H3,(H,28,30). The van der Waals surface area contributed by atoms with Gasteiger partial charge in [-0.1, -0.05) is 25.1 Å². The van der Waals surface area contributed by atoms with Crippen molar-refractivity contribution in [2.24, 2.45) is 17.8 Å². The molecule has 0 radical (unpaired) electrons. The largest absolute Gasteiger partial charge is 0.373 e. The lowest BCUT2D eigenvalue weighted by Crippen LogP contribution is -2.60. The highest BCUT2D eigenvalue weighted by Crippen LogP contribution is 2.38. The number of benzene rings is 1. The fourth-order valence-corrected chi connectivity index (χ4v) is 5.88. The number of nitrogens with one attached hydrogen (secondary N) is 4. The molecule has 30 heavy (non-hydrogen) atoms. The summed E-state index contributed by atoms with van der Waals surface area (Å²) in [6.07, 6.45) is 4.53. The van der Waals surface area contributed by atoms with Gasteiger partial charge in [-0.3, -0.25) is 9.69 Å². The van der Waals surface area contributed by atoms with Crippen molar-refractivity contribution >= 4 is 11.6 Å². The van der Waals surface area contributed by atoms with E-state index in [0.717, 1.165) is 31.9 Å². The molecule has 1 aromatic carbocycles. The molecule has 4 N–H and O–H groups in total. The van der Waals surface area contributed by atoms with E-state index in [1.807, 2.05) is 0 Å². The fraction of sp³-hybridized carbons (Fsp3) is 0.708. The first-order valence-electron chi connectivity index (χ1n) is 11.9. The van der Waals surface area contributed by atoms with Gasteiger partial charge in [0.2, 0.25) is 5.91 Å². The number of aryl methyl sites for hydroxylation is 1. The van der Waals surface area contributed by atoms with Crippen LogP contribution in [0.3, 0.4) is 0 Å². The van der Waals surface area contributed by atoms with Crippen molar-refractivity contribution in [1.82, 2.24) is 20.9 Å². The Labute approximate surface area is 180 Å². The van der Waals surface area contributed by atoms with Gasteiger partial charge in [0.1, 0.15) is 6.04 Å². The Morgan fingerprint density at radius 1 is 1.33 bits per heavy atom. The fourth-order valence-electron chi connectivity index (χ4n) is 5.88. The number of carbonyl (C=O) groups is 1. The number of hydrogen-bond acceptors (Lipinski definition) is 5. The molecule has 4 aliphatic rings. The van der Waals surface area contributed by atoms with Crippen molar-refractivity contribution in [3.8, 4) is 0 Å². The number of amides is 1. The van der Waals surface area contributed by atoms with Crippen LogP contribution in [-0.4, -0.2) is 61.8 Å². The second-order valence-electron chi connectivity index (χ2n) is 10.1. The maximum absolute atomic E-state index is 13.2. The van der Waals surface area contributed by atoms with Gasteiger partial charge in [0.25, 0.3) is 0 Å². The van der Waals surface area contributed by atoms with Crippen LogP contribution in [-0.2, 0) is 11.2 Å². The number of para-hydroxylation sites is 1. The van der Waals surface area contributed by atoms with Crippen LogP contribution in [0.1, 0.15) is 37.3 Å². The van der Waals surface area contributed by atoms with Gasteiger partial charge in [-0.15, -0.1) is 0 Å². The number of nitrogens with zero attached hydrogens (tertiary/aromatic N) is 1. The van der Waals surface area contributed by atoms with Gasteiger partial charge >= 0.3 is 0 Å². The Morgan fingerprint density at radius 3 is 2.90 bits per heavy atom. The average Bonchev–Trinajstić information content (AvgIpc) is 3.25. The predicted octanol–water partition coefficient (Wildman–Crippen LogP) is 1.70. The maximum atomic E-state index is 13.2. The number of hydrogen-bond donors (Lipinski definition) is 4. The monoisotopic (exact) mass is 411 g/mol. The highest BCUT2D eigenvalue weighted by molar-refractivity contribution is 5.88. The van der Waals surface area contributed by atoms with Crippen molar-refractivity contribution < 1.29 is 4.79 Å². The van der Waals surface area contributed by atoms with Gasteiger partial charge in [-0.05, 0) is 61.6 Å². The third kappa shape index (κ3) is 4.23. The lowest BCUT2D eigenvalue weighted by atomic mass is 9.81. The number of carbonyl (C=O) groups excluding carboxylic acids is 1. The van der Waals surface area contributed by atoms with Crippen molar-refractivity contribution in [2.75, 3.05) is 38.2 Å². The molecule has 1 aromatic rings. The van der Waals surface area contributed by atoms with Gasteiger partial charge in [0, 0.05) is 50.5 Å². The molecule has 0 bridgehead atoms. The molecule has 1 amide bonds. The Bertz CT molecular complexity index is 773. The van der Waals surface area contributed by atoms with Crippen molar-refractivity contribution in [3.05, 3.63) is 29.3 Å². The molecule has 0 aromatic heterocycles. The molecule has 5 unspecified atom stereocenters. The van der Waals surface area contributed by atoms with E-state index in [2.05, 4.69) is 58.2 Å². The molecule has 3 fully saturated rings. The van der Waals surface area contributed by atoms with E-state index in [1.165, 1.54) is 43.5 Å². The van der Waals surface area contributed by atoms with Crippen molar-refractivity contribution in [2.45, 2.75) is 57.7 Å². The third-order valence-corrected chi connectivity index (χ3v) is 7.66. The molecule has 1 aliphatic carbocycles. The SMILES string of the molecule is Cc1cccc2c1NC(C(=O)NC(C1CC1)C1NCC(CN3CCNC3)CC1C)C2. The molecule has 5 atom stereocenters. The van der Waals surface area contributed by atoms with Gasteiger partial charge in [0.05, 0.1) is 0 Å². The van der Waals surface area contributed by atoms with Gasteiger partial charge in [-0.25, -0.2) is 0 Å². The minimum atomic E-state index is -0.142. The quantitative estimate of drug-likeness (QED) is 0.574. The summed E-state index contributed by atoms with van der Waals surface area (Å²) in [5.74, 6) is 2.10. The number of anilines is 1. The van der Waals surface area contributed by atoms with E-state index in [0.29, 0.717) is 23.8 Å². The molecular formula is C24H37N5O. The van der Waals surface area contributed by atoms with Crippen LogP contribution in [0.5, 0.6) is 0 Å². The summed E-state index contributed by atoms with van der Waals surface area (Å²) < 4.78 is 0. The lowest BCUT2D eigenvalue weighted by Gasteiger charge is -2.41. The number of rotatable bonds is 6. The Hall–Kier alpha value is -1.63. The van der Waals surface area contributed by atoms with Crippen LogP contribution < -0.4 is 21.3 Å². The molecule has 6 heteroatoms.